The summed E-state index contributed by atoms with van der Waals surface area (Å²) in [7, 11) is -1.17. The van der Waals surface area contributed by atoms with Gasteiger partial charge in [-0.25, -0.2) is 0 Å². The fourth-order valence-corrected chi connectivity index (χ4v) is 2.68. The lowest BCUT2D eigenvalue weighted by atomic mass is 10.2. The van der Waals surface area contributed by atoms with Crippen molar-refractivity contribution in [3.8, 4) is 11.5 Å². The van der Waals surface area contributed by atoms with Crippen molar-refractivity contribution in [3.63, 3.8) is 0 Å². The summed E-state index contributed by atoms with van der Waals surface area (Å²) in [6.07, 6.45) is 0. The van der Waals surface area contributed by atoms with E-state index >= 15 is 0 Å². The molecule has 2 rings (SSSR count). The van der Waals surface area contributed by atoms with Crippen LogP contribution in [0.15, 0.2) is 53.4 Å². The van der Waals surface area contributed by atoms with Crippen LogP contribution in [-0.2, 0) is 10.8 Å². The summed E-state index contributed by atoms with van der Waals surface area (Å²) in [4.78, 5) is 12.0. The average molecular weight is 305 g/mol. The average Bonchev–Trinajstić information content (AvgIpc) is 2.49. The molecule has 0 heterocycles. The van der Waals surface area contributed by atoms with Gasteiger partial charge in [0.25, 0.3) is 5.91 Å². The number of rotatable bonds is 6. The number of hydrogen-bond acceptors (Lipinski definition) is 4. The Morgan fingerprint density at radius 1 is 1.19 bits per heavy atom. The van der Waals surface area contributed by atoms with E-state index in [-0.39, 0.29) is 23.7 Å². The Bertz CT molecular complexity index is 658. The number of phenolic OH excluding ortho intramolecular Hbond substituents is 1. The van der Waals surface area contributed by atoms with E-state index in [2.05, 4.69) is 0 Å². The minimum absolute atomic E-state index is 0.0657. The molecule has 0 saturated heterocycles. The van der Waals surface area contributed by atoms with Crippen LogP contribution in [0.2, 0.25) is 0 Å². The molecular weight excluding hydrogens is 290 g/mol. The van der Waals surface area contributed by atoms with Gasteiger partial charge in [0.2, 0.25) is 0 Å². The van der Waals surface area contributed by atoms with E-state index in [0.29, 0.717) is 5.75 Å². The van der Waals surface area contributed by atoms with Crippen LogP contribution in [0.1, 0.15) is 10.4 Å². The third-order valence-electron chi connectivity index (χ3n) is 2.76. The molecule has 5 nitrogen and oxygen atoms in total. The minimum atomic E-state index is -1.17. The Hall–Kier alpha value is -2.34. The topological polar surface area (TPSA) is 89.6 Å². The van der Waals surface area contributed by atoms with E-state index < -0.39 is 16.7 Å². The quantitative estimate of drug-likeness (QED) is 0.849. The highest BCUT2D eigenvalue weighted by atomic mass is 32.2. The molecule has 0 fully saturated rings. The molecule has 2 aromatic rings. The maximum absolute atomic E-state index is 12.0. The monoisotopic (exact) mass is 305 g/mol. The summed E-state index contributed by atoms with van der Waals surface area (Å²) in [5.41, 5.74) is 5.31. The number of aromatic hydroxyl groups is 1. The van der Waals surface area contributed by atoms with E-state index in [0.717, 1.165) is 4.90 Å². The minimum Gasteiger partial charge on any atom is -0.508 e. The molecule has 0 aromatic heterocycles. The van der Waals surface area contributed by atoms with Gasteiger partial charge in [-0.1, -0.05) is 18.2 Å². The Balaban J connectivity index is 1.98. The zero-order valence-corrected chi connectivity index (χ0v) is 12.0. The highest BCUT2D eigenvalue weighted by molar-refractivity contribution is 7.85. The van der Waals surface area contributed by atoms with Crippen molar-refractivity contribution in [2.75, 3.05) is 12.4 Å². The van der Waals surface area contributed by atoms with Crippen molar-refractivity contribution in [2.24, 2.45) is 5.73 Å². The number of primary amides is 1. The van der Waals surface area contributed by atoms with Crippen LogP contribution in [0.4, 0.5) is 0 Å². The first-order valence-electron chi connectivity index (χ1n) is 6.27. The molecule has 6 heteroatoms. The lowest BCUT2D eigenvalue weighted by Gasteiger charge is -2.10. The number of hydrogen-bond donors (Lipinski definition) is 2. The van der Waals surface area contributed by atoms with Gasteiger partial charge >= 0.3 is 0 Å². The SMILES string of the molecule is NC(=O)c1cc(O)ccc1OCC[S@](=O)c1ccccc1. The predicted octanol–water partition coefficient (Wildman–Crippen LogP) is 1.68. The summed E-state index contributed by atoms with van der Waals surface area (Å²) < 4.78 is 17.4. The van der Waals surface area contributed by atoms with E-state index in [1.54, 1.807) is 12.1 Å². The van der Waals surface area contributed by atoms with Crippen LogP contribution in [-0.4, -0.2) is 27.6 Å². The van der Waals surface area contributed by atoms with E-state index in [1.165, 1.54) is 18.2 Å². The maximum Gasteiger partial charge on any atom is 0.252 e. The van der Waals surface area contributed by atoms with Gasteiger partial charge in [-0.3, -0.25) is 9.00 Å². The molecule has 0 unspecified atom stereocenters. The van der Waals surface area contributed by atoms with Gasteiger partial charge in [0.1, 0.15) is 18.1 Å². The van der Waals surface area contributed by atoms with Gasteiger partial charge in [0, 0.05) is 4.90 Å². The molecule has 21 heavy (non-hydrogen) atoms. The molecule has 0 saturated carbocycles. The summed E-state index contributed by atoms with van der Waals surface area (Å²) in [6, 6.07) is 13.2. The first-order chi connectivity index (χ1) is 10.1. The van der Waals surface area contributed by atoms with Crippen molar-refractivity contribution >= 4 is 16.7 Å². The molecule has 3 N–H and O–H groups in total. The Labute approximate surface area is 124 Å². The first-order valence-corrected chi connectivity index (χ1v) is 7.59. The molecule has 0 aliphatic heterocycles. The fourth-order valence-electron chi connectivity index (χ4n) is 1.75. The lowest BCUT2D eigenvalue weighted by molar-refractivity contribution is 0.0996. The Morgan fingerprint density at radius 2 is 1.90 bits per heavy atom. The third kappa shape index (κ3) is 4.06. The fraction of sp³-hybridized carbons (Fsp3) is 0.133. The van der Waals surface area contributed by atoms with Gasteiger partial charge in [0.05, 0.1) is 22.1 Å². The van der Waals surface area contributed by atoms with Crippen molar-refractivity contribution in [1.82, 2.24) is 0 Å². The smallest absolute Gasteiger partial charge is 0.252 e. The van der Waals surface area contributed by atoms with Crippen LogP contribution in [0.5, 0.6) is 11.5 Å². The van der Waals surface area contributed by atoms with Crippen molar-refractivity contribution in [2.45, 2.75) is 4.90 Å². The molecule has 0 spiro atoms. The Morgan fingerprint density at radius 3 is 2.57 bits per heavy atom. The number of nitrogens with two attached hydrogens (primary N) is 1. The third-order valence-corrected chi connectivity index (χ3v) is 4.10. The molecule has 110 valence electrons. The number of ether oxygens (including phenoxy) is 1. The molecule has 0 radical (unpaired) electrons. The highest BCUT2D eigenvalue weighted by Gasteiger charge is 2.11. The van der Waals surface area contributed by atoms with Crippen molar-refractivity contribution in [3.05, 3.63) is 54.1 Å². The number of amides is 1. The molecule has 1 atom stereocenters. The normalized spacial score (nSPS) is 11.8. The molecule has 0 bridgehead atoms. The van der Waals surface area contributed by atoms with Gasteiger partial charge < -0.3 is 15.6 Å². The summed E-state index contributed by atoms with van der Waals surface area (Å²) >= 11 is 0. The van der Waals surface area contributed by atoms with E-state index in [4.69, 9.17) is 10.5 Å². The Kier molecular flexibility index (Phi) is 4.94. The zero-order chi connectivity index (χ0) is 15.2. The van der Waals surface area contributed by atoms with Crippen LogP contribution in [0.3, 0.4) is 0 Å². The van der Waals surface area contributed by atoms with E-state index in [1.807, 2.05) is 18.2 Å². The summed E-state index contributed by atoms with van der Waals surface area (Å²) in [6.45, 7) is 0.173. The van der Waals surface area contributed by atoms with Crippen molar-refractivity contribution < 1.29 is 18.8 Å². The lowest BCUT2D eigenvalue weighted by Crippen LogP contribution is -2.15. The molecule has 1 amide bonds. The largest absolute Gasteiger partial charge is 0.508 e. The molecule has 0 aliphatic rings. The van der Waals surface area contributed by atoms with Gasteiger partial charge in [0.15, 0.2) is 0 Å². The molecular formula is C15H15NO4S. The second-order valence-electron chi connectivity index (χ2n) is 4.26. The highest BCUT2D eigenvalue weighted by Crippen LogP contribution is 2.23. The van der Waals surface area contributed by atoms with Gasteiger partial charge in [-0.2, -0.15) is 0 Å². The van der Waals surface area contributed by atoms with Crippen molar-refractivity contribution in [1.29, 1.82) is 0 Å². The summed E-state index contributed by atoms with van der Waals surface area (Å²) in [5.74, 6) is -0.192. The van der Waals surface area contributed by atoms with Crippen LogP contribution in [0, 0.1) is 0 Å². The number of carbonyl (C=O) groups is 1. The second kappa shape index (κ2) is 6.90. The number of benzene rings is 2. The second-order valence-corrected chi connectivity index (χ2v) is 5.83. The van der Waals surface area contributed by atoms with Crippen LogP contribution in [0.25, 0.3) is 0 Å². The van der Waals surface area contributed by atoms with Gasteiger partial charge in [-0.05, 0) is 30.3 Å². The van der Waals surface area contributed by atoms with Crippen LogP contribution >= 0.6 is 0 Å². The first kappa shape index (κ1) is 15.1. The predicted molar refractivity (Wildman–Crippen MR) is 79.8 cm³/mol. The summed E-state index contributed by atoms with van der Waals surface area (Å²) in [5, 5.41) is 9.34. The zero-order valence-electron chi connectivity index (χ0n) is 11.2. The van der Waals surface area contributed by atoms with Crippen LogP contribution < -0.4 is 10.5 Å². The van der Waals surface area contributed by atoms with E-state index in [9.17, 15) is 14.1 Å². The molecule has 0 aliphatic carbocycles. The standard InChI is InChI=1S/C15H15NO4S/c16-15(18)13-10-11(17)6-7-14(13)20-8-9-21(19)12-4-2-1-3-5-12/h1-7,10,17H,8-9H2,(H2,16,18)/t21-/m0/s1. The van der Waals surface area contributed by atoms with Gasteiger partial charge in [-0.15, -0.1) is 0 Å². The molecule has 2 aromatic carbocycles. The number of carbonyl (C=O) groups excluding carboxylic acids is 1. The number of phenols is 1. The maximum atomic E-state index is 12.0.